The average Bonchev–Trinajstić information content (AvgIpc) is 3.92. The highest BCUT2D eigenvalue weighted by atomic mass is 15.1. The van der Waals surface area contributed by atoms with Gasteiger partial charge in [-0.2, -0.15) is 0 Å². The second-order valence-corrected chi connectivity index (χ2v) is 18.4. The predicted octanol–water partition coefficient (Wildman–Crippen LogP) is 16.8. The van der Waals surface area contributed by atoms with Gasteiger partial charge in [-0.15, -0.1) is 0 Å². The van der Waals surface area contributed by atoms with Gasteiger partial charge in [0.2, 0.25) is 0 Å². The van der Waals surface area contributed by atoms with E-state index < -0.39 is 5.41 Å². The lowest BCUT2D eigenvalue weighted by Gasteiger charge is -2.32. The van der Waals surface area contributed by atoms with E-state index in [4.69, 9.17) is 0 Å². The monoisotopic (exact) mass is 827 g/mol. The molecule has 0 saturated carbocycles. The van der Waals surface area contributed by atoms with Crippen molar-refractivity contribution < 1.29 is 0 Å². The quantitative estimate of drug-likeness (QED) is 0.161. The van der Waals surface area contributed by atoms with E-state index in [1.807, 2.05) is 0 Å². The molecule has 0 aliphatic heterocycles. The van der Waals surface area contributed by atoms with Crippen LogP contribution in [0.25, 0.3) is 66.8 Å². The van der Waals surface area contributed by atoms with Crippen LogP contribution >= 0.6 is 0 Å². The van der Waals surface area contributed by atoms with Crippen molar-refractivity contribution in [1.29, 1.82) is 0 Å². The number of rotatable bonds is 6. The Labute approximate surface area is 381 Å². The molecule has 0 bridgehead atoms. The molecule has 1 spiro atoms. The van der Waals surface area contributed by atoms with E-state index >= 15 is 0 Å². The number of hydrogen-bond donors (Lipinski definition) is 0. The Balaban J connectivity index is 1.06. The standard InChI is InChI=1S/C64H45N/c1-63(2)54-27-15-14-26-52(54)61-58(63)41-59-62(60(61)46-20-8-4-9-21-46)53-40-49(38-39-57(53)64(59)55-28-16-12-24-50(55)51-25-13-17-29-56(51)64)65(47-22-10-5-11-23-47)48-36-34-45(35-37-48)44-32-30-43(31-33-44)42-18-6-3-7-19-42/h3-41H,1-2H3. The van der Waals surface area contributed by atoms with Gasteiger partial charge in [0.05, 0.1) is 5.41 Å². The largest absolute Gasteiger partial charge is 0.310 e. The van der Waals surface area contributed by atoms with Gasteiger partial charge in [0.1, 0.15) is 0 Å². The van der Waals surface area contributed by atoms with Crippen LogP contribution in [0.15, 0.2) is 237 Å². The maximum Gasteiger partial charge on any atom is 0.0725 e. The van der Waals surface area contributed by atoms with Crippen molar-refractivity contribution in [1.82, 2.24) is 0 Å². The zero-order valence-corrected chi connectivity index (χ0v) is 36.5. The number of nitrogens with zero attached hydrogens (tertiary/aromatic N) is 1. The molecule has 0 fully saturated rings. The molecule has 0 heterocycles. The van der Waals surface area contributed by atoms with Crippen LogP contribution < -0.4 is 4.90 Å². The third-order valence-electron chi connectivity index (χ3n) is 14.7. The number of hydrogen-bond acceptors (Lipinski definition) is 1. The minimum absolute atomic E-state index is 0.191. The second kappa shape index (κ2) is 14.3. The normalized spacial score (nSPS) is 13.9. The van der Waals surface area contributed by atoms with Gasteiger partial charge in [-0.25, -0.2) is 0 Å². The molecule has 10 aromatic rings. The van der Waals surface area contributed by atoms with Crippen LogP contribution in [-0.4, -0.2) is 0 Å². The van der Waals surface area contributed by atoms with Crippen molar-refractivity contribution in [2.75, 3.05) is 4.90 Å². The van der Waals surface area contributed by atoms with Gasteiger partial charge in [0.25, 0.3) is 0 Å². The predicted molar refractivity (Wildman–Crippen MR) is 271 cm³/mol. The highest BCUT2D eigenvalue weighted by Gasteiger charge is 2.54. The smallest absolute Gasteiger partial charge is 0.0725 e. The molecule has 65 heavy (non-hydrogen) atoms. The minimum atomic E-state index is -0.505. The van der Waals surface area contributed by atoms with Gasteiger partial charge in [0, 0.05) is 22.5 Å². The number of para-hydroxylation sites is 1. The molecule has 306 valence electrons. The van der Waals surface area contributed by atoms with E-state index in [2.05, 4.69) is 255 Å². The van der Waals surface area contributed by atoms with E-state index in [1.54, 1.807) is 0 Å². The summed E-state index contributed by atoms with van der Waals surface area (Å²) >= 11 is 0. The lowest BCUT2D eigenvalue weighted by atomic mass is 9.69. The zero-order valence-electron chi connectivity index (χ0n) is 36.5. The maximum atomic E-state index is 2.62. The first-order chi connectivity index (χ1) is 32.0. The van der Waals surface area contributed by atoms with Gasteiger partial charge in [-0.3, -0.25) is 0 Å². The third-order valence-corrected chi connectivity index (χ3v) is 14.7. The molecule has 10 aromatic carbocycles. The molecular weight excluding hydrogens is 783 g/mol. The van der Waals surface area contributed by atoms with Crippen LogP contribution in [-0.2, 0) is 10.8 Å². The first-order valence-corrected chi connectivity index (χ1v) is 22.8. The lowest BCUT2D eigenvalue weighted by molar-refractivity contribution is 0.657. The topological polar surface area (TPSA) is 3.24 Å². The summed E-state index contributed by atoms with van der Waals surface area (Å²) in [6.45, 7) is 4.84. The zero-order chi connectivity index (χ0) is 43.3. The van der Waals surface area contributed by atoms with E-state index in [0.29, 0.717) is 0 Å². The van der Waals surface area contributed by atoms with Crippen molar-refractivity contribution in [2.45, 2.75) is 24.7 Å². The Bertz CT molecular complexity index is 3430. The highest BCUT2D eigenvalue weighted by Crippen LogP contribution is 2.67. The van der Waals surface area contributed by atoms with Crippen LogP contribution in [0.1, 0.15) is 47.2 Å². The van der Waals surface area contributed by atoms with Crippen molar-refractivity contribution in [3.8, 4) is 66.8 Å². The van der Waals surface area contributed by atoms with Crippen molar-refractivity contribution in [2.24, 2.45) is 0 Å². The minimum Gasteiger partial charge on any atom is -0.310 e. The molecule has 1 nitrogen and oxygen atoms in total. The Hall–Kier alpha value is -8.00. The summed E-state index contributed by atoms with van der Waals surface area (Å²) in [4.78, 5) is 2.43. The second-order valence-electron chi connectivity index (χ2n) is 18.4. The summed E-state index contributed by atoms with van der Waals surface area (Å²) in [5.74, 6) is 0. The van der Waals surface area contributed by atoms with Crippen molar-refractivity contribution in [3.63, 3.8) is 0 Å². The fraction of sp³-hybridized carbons (Fsp3) is 0.0625. The van der Waals surface area contributed by atoms with E-state index in [1.165, 1.54) is 100 Å². The van der Waals surface area contributed by atoms with Gasteiger partial charge in [0.15, 0.2) is 0 Å². The number of benzene rings is 10. The summed E-state index contributed by atoms with van der Waals surface area (Å²) in [7, 11) is 0. The van der Waals surface area contributed by atoms with E-state index in [-0.39, 0.29) is 5.41 Å². The van der Waals surface area contributed by atoms with Crippen LogP contribution in [0.3, 0.4) is 0 Å². The molecule has 0 unspecified atom stereocenters. The molecule has 13 rings (SSSR count). The van der Waals surface area contributed by atoms with Gasteiger partial charge < -0.3 is 4.90 Å². The fourth-order valence-corrected chi connectivity index (χ4v) is 11.8. The summed E-state index contributed by atoms with van der Waals surface area (Å²) in [6, 6.07) is 88.0. The van der Waals surface area contributed by atoms with Crippen LogP contribution in [0.2, 0.25) is 0 Å². The van der Waals surface area contributed by atoms with Gasteiger partial charge in [-0.1, -0.05) is 214 Å². The van der Waals surface area contributed by atoms with Crippen molar-refractivity contribution >= 4 is 17.1 Å². The first-order valence-electron chi connectivity index (χ1n) is 22.8. The molecule has 0 N–H and O–H groups in total. The molecule has 0 atom stereocenters. The molecule has 3 aliphatic carbocycles. The van der Waals surface area contributed by atoms with Gasteiger partial charge >= 0.3 is 0 Å². The molecule has 0 aromatic heterocycles. The average molecular weight is 828 g/mol. The molecule has 0 radical (unpaired) electrons. The molecule has 1 heteroatoms. The summed E-state index contributed by atoms with van der Waals surface area (Å²) < 4.78 is 0. The van der Waals surface area contributed by atoms with Crippen LogP contribution in [0, 0.1) is 0 Å². The number of fused-ring (bicyclic) bond motifs is 13. The SMILES string of the molecule is CC1(C)c2ccccc2-c2c1cc1c(c2-c2ccccc2)-c2cc(N(c3ccccc3)c3ccc(-c4ccc(-c5ccccc5)cc4)cc3)ccc2C12c1ccccc1-c1ccccc12. The fourth-order valence-electron chi connectivity index (χ4n) is 11.8. The summed E-state index contributed by atoms with van der Waals surface area (Å²) in [5, 5.41) is 0. The Morgan fingerprint density at radius 2 is 0.677 bits per heavy atom. The molecule has 0 amide bonds. The van der Waals surface area contributed by atoms with Crippen molar-refractivity contribution in [3.05, 3.63) is 270 Å². The Morgan fingerprint density at radius 1 is 0.262 bits per heavy atom. The van der Waals surface area contributed by atoms with E-state index in [0.717, 1.165) is 17.1 Å². The lowest BCUT2D eigenvalue weighted by Crippen LogP contribution is -2.27. The summed E-state index contributed by atoms with van der Waals surface area (Å²) in [6.07, 6.45) is 0. The maximum absolute atomic E-state index is 2.62. The summed E-state index contributed by atoms with van der Waals surface area (Å²) in [5.41, 5.74) is 26.2. The molecule has 3 aliphatic rings. The van der Waals surface area contributed by atoms with Gasteiger partial charge in [-0.05, 0) is 137 Å². The van der Waals surface area contributed by atoms with Crippen LogP contribution in [0.5, 0.6) is 0 Å². The molecule has 0 saturated heterocycles. The third kappa shape index (κ3) is 5.39. The Kier molecular flexibility index (Phi) is 8.24. The first kappa shape index (κ1) is 37.5. The Morgan fingerprint density at radius 3 is 1.28 bits per heavy atom. The van der Waals surface area contributed by atoms with E-state index in [9.17, 15) is 0 Å². The molecular formula is C64H45N. The van der Waals surface area contributed by atoms with Crippen LogP contribution in [0.4, 0.5) is 17.1 Å². The number of anilines is 3. The highest BCUT2D eigenvalue weighted by molar-refractivity contribution is 6.07.